The average molecular weight is 899 g/mol. The van der Waals surface area contributed by atoms with E-state index >= 15 is 4.79 Å². The molecule has 13 nitrogen and oxygen atoms in total. The van der Waals surface area contributed by atoms with Gasteiger partial charge in [0.1, 0.15) is 30.8 Å². The molecule has 1 amide bonds. The lowest BCUT2D eigenvalue weighted by molar-refractivity contribution is -0.384. The van der Waals surface area contributed by atoms with Crippen LogP contribution in [0, 0.1) is 27.9 Å². The molecule has 0 aromatic heterocycles. The van der Waals surface area contributed by atoms with E-state index in [4.69, 9.17) is 24.2 Å². The number of nitro benzene ring substituents is 1. The quantitative estimate of drug-likeness (QED) is 0.0184. The van der Waals surface area contributed by atoms with E-state index in [1.165, 1.54) is 18.2 Å². The number of amides is 1. The highest BCUT2D eigenvalue weighted by Gasteiger charge is 2.65. The molecule has 2 aliphatic heterocycles. The third kappa shape index (κ3) is 10.2. The topological polar surface area (TPSA) is 156 Å². The minimum Gasteiger partial charge on any atom is -0.492 e. The Morgan fingerprint density at radius 3 is 2.53 bits per heavy atom. The predicted octanol–water partition coefficient (Wildman–Crippen LogP) is 8.84. The first-order valence-corrected chi connectivity index (χ1v) is 23.5. The Balaban J connectivity index is 1.32. The van der Waals surface area contributed by atoms with Crippen LogP contribution in [0.3, 0.4) is 0 Å². The number of fused-ring (bicyclic) bond motifs is 3. The maximum atomic E-state index is 15.3. The van der Waals surface area contributed by atoms with E-state index in [-0.39, 0.29) is 62.1 Å². The van der Waals surface area contributed by atoms with Crippen LogP contribution in [0.15, 0.2) is 120 Å². The third-order valence-corrected chi connectivity index (χ3v) is 13.6. The Morgan fingerprint density at radius 1 is 1.02 bits per heavy atom. The molecule has 2 aliphatic carbocycles. The molecule has 2 heterocycles. The number of benzene rings is 4. The van der Waals surface area contributed by atoms with Gasteiger partial charge in [0.05, 0.1) is 23.2 Å². The van der Waals surface area contributed by atoms with Crippen molar-refractivity contribution < 1.29 is 39.0 Å². The van der Waals surface area contributed by atoms with Crippen LogP contribution >= 0.6 is 0 Å². The lowest BCUT2D eigenvalue weighted by atomic mass is 9.55. The van der Waals surface area contributed by atoms with Crippen molar-refractivity contribution in [2.24, 2.45) is 22.9 Å². The lowest BCUT2D eigenvalue weighted by Gasteiger charge is -2.60. The SMILES string of the molecule is C=CCO[C@@]12Oc3ccc(OCCN4CC4)cc3[C@H]3[C@H](CCCCO)[C@@H](CCCCO)C=C(C(=NOCC)C[C@@H]1N(Cc1cccc4ccccc14)C(=O)C=Cc1ccc([N+](=O)[O-])cc1)[C@H]32. The van der Waals surface area contributed by atoms with Crippen LogP contribution in [0.2, 0.25) is 0 Å². The number of nitrogens with zero attached hydrogens (tertiary/aromatic N) is 4. The highest BCUT2D eigenvalue weighted by atomic mass is 16.7. The molecule has 66 heavy (non-hydrogen) atoms. The first-order valence-electron chi connectivity index (χ1n) is 23.5. The smallest absolute Gasteiger partial charge is 0.269 e. The van der Waals surface area contributed by atoms with Gasteiger partial charge in [-0.15, -0.1) is 6.58 Å². The zero-order valence-electron chi connectivity index (χ0n) is 37.8. The second kappa shape index (κ2) is 21.6. The number of unbranched alkanes of at least 4 members (excludes halogenated alkanes) is 2. The van der Waals surface area contributed by atoms with Crippen molar-refractivity contribution >= 4 is 34.2 Å². The van der Waals surface area contributed by atoms with Crippen LogP contribution in [0.1, 0.15) is 74.5 Å². The van der Waals surface area contributed by atoms with Crippen molar-refractivity contribution in [2.45, 2.75) is 76.2 Å². The van der Waals surface area contributed by atoms with Gasteiger partial charge in [0.15, 0.2) is 0 Å². The van der Waals surface area contributed by atoms with Gasteiger partial charge < -0.3 is 34.2 Å². The minimum atomic E-state index is -1.46. The van der Waals surface area contributed by atoms with Gasteiger partial charge >= 0.3 is 0 Å². The number of oxime groups is 1. The van der Waals surface area contributed by atoms with E-state index in [9.17, 15) is 20.3 Å². The lowest BCUT2D eigenvalue weighted by Crippen LogP contribution is -2.70. The van der Waals surface area contributed by atoms with Gasteiger partial charge in [0.2, 0.25) is 11.7 Å². The van der Waals surface area contributed by atoms with Crippen LogP contribution in [0.5, 0.6) is 11.5 Å². The van der Waals surface area contributed by atoms with Crippen molar-refractivity contribution in [2.75, 3.05) is 52.7 Å². The second-order valence-electron chi connectivity index (χ2n) is 17.7. The predicted molar refractivity (Wildman–Crippen MR) is 255 cm³/mol. The molecule has 1 saturated heterocycles. The molecule has 8 rings (SSSR count). The standard InChI is InChI=1S/C53H62N4O9/c1-3-31-64-53-49(56(36-40-15-11-14-38-12-5-6-16-43(38)40)50(60)25-20-37-18-21-41(22-19-37)57(61)62)35-47(54-65-4-2)45-33-39(13-7-9-29-58)44(17-8-10-30-59)51(52(45)53)46-34-42(23-24-48(46)66-53)63-32-28-55-26-27-55/h3,5-6,11-12,14-16,18-25,33-34,39,44,49,51-52,58-59H,1,4,7-10,13,17,26-32,35-36H2,2H3/t39-,44+,49-,51+,52+,53+/m0/s1. The normalized spacial score (nSPS) is 23.7. The maximum Gasteiger partial charge on any atom is 0.269 e. The summed E-state index contributed by atoms with van der Waals surface area (Å²) in [5.41, 5.74) is 4.18. The molecular formula is C53H62N4O9. The van der Waals surface area contributed by atoms with Crippen LogP contribution < -0.4 is 9.47 Å². The van der Waals surface area contributed by atoms with Gasteiger partial charge in [0, 0.05) is 75.5 Å². The largest absolute Gasteiger partial charge is 0.492 e. The Hall–Kier alpha value is -5.86. The number of non-ortho nitro benzene ring substituents is 1. The molecule has 4 aliphatic rings. The number of rotatable bonds is 23. The molecule has 4 aromatic rings. The molecule has 4 aromatic carbocycles. The molecule has 6 atom stereocenters. The molecule has 2 fully saturated rings. The van der Waals surface area contributed by atoms with Crippen molar-refractivity contribution in [3.63, 3.8) is 0 Å². The van der Waals surface area contributed by atoms with Crippen molar-refractivity contribution in [1.82, 2.24) is 9.80 Å². The summed E-state index contributed by atoms with van der Waals surface area (Å²) in [5, 5.41) is 38.3. The van der Waals surface area contributed by atoms with Gasteiger partial charge in [-0.25, -0.2) is 0 Å². The highest BCUT2D eigenvalue weighted by Crippen LogP contribution is 2.62. The third-order valence-electron chi connectivity index (χ3n) is 13.6. The summed E-state index contributed by atoms with van der Waals surface area (Å²) in [4.78, 5) is 36.5. The number of hydrogen-bond donors (Lipinski definition) is 2. The van der Waals surface area contributed by atoms with E-state index in [0.717, 1.165) is 78.5 Å². The summed E-state index contributed by atoms with van der Waals surface area (Å²) in [6.45, 7) is 10.4. The summed E-state index contributed by atoms with van der Waals surface area (Å²) in [5.74, 6) is -0.912. The summed E-state index contributed by atoms with van der Waals surface area (Å²) in [6, 6.07) is 25.6. The Bertz CT molecular complexity index is 2430. The van der Waals surface area contributed by atoms with Crippen molar-refractivity contribution in [3.8, 4) is 11.5 Å². The van der Waals surface area contributed by atoms with E-state index in [0.29, 0.717) is 43.1 Å². The zero-order chi connectivity index (χ0) is 46.0. The number of carbonyl (C=O) groups excluding carboxylic acids is 1. The molecular weight excluding hydrogens is 837 g/mol. The summed E-state index contributed by atoms with van der Waals surface area (Å²) < 4.78 is 21.1. The van der Waals surface area contributed by atoms with Gasteiger partial charge in [-0.05, 0) is 108 Å². The fraction of sp³-hybridized carbons (Fsp3) is 0.434. The summed E-state index contributed by atoms with van der Waals surface area (Å²) >= 11 is 0. The monoisotopic (exact) mass is 898 g/mol. The van der Waals surface area contributed by atoms with Crippen LogP contribution in [-0.4, -0.2) is 101 Å². The van der Waals surface area contributed by atoms with E-state index in [1.54, 1.807) is 24.3 Å². The fourth-order valence-electron chi connectivity index (χ4n) is 10.4. The van der Waals surface area contributed by atoms with Crippen LogP contribution in [0.4, 0.5) is 5.69 Å². The fourth-order valence-corrected chi connectivity index (χ4v) is 10.4. The first-order chi connectivity index (χ1) is 32.3. The molecule has 0 spiro atoms. The molecule has 0 bridgehead atoms. The van der Waals surface area contributed by atoms with Crippen molar-refractivity contribution in [1.29, 1.82) is 0 Å². The Morgan fingerprint density at radius 2 is 1.79 bits per heavy atom. The Kier molecular flexibility index (Phi) is 15.3. The number of allylic oxidation sites excluding steroid dienone is 1. The summed E-state index contributed by atoms with van der Waals surface area (Å²) in [7, 11) is 0. The molecule has 2 N–H and O–H groups in total. The van der Waals surface area contributed by atoms with Gasteiger partial charge in [-0.2, -0.15) is 0 Å². The number of carbonyl (C=O) groups is 1. The first kappa shape index (κ1) is 46.7. The molecule has 0 radical (unpaired) electrons. The number of aliphatic hydroxyl groups is 2. The highest BCUT2D eigenvalue weighted by molar-refractivity contribution is 6.03. The van der Waals surface area contributed by atoms with Gasteiger partial charge in [-0.1, -0.05) is 72.6 Å². The number of aliphatic hydroxyl groups excluding tert-OH is 2. The number of nitro groups is 1. The molecule has 348 valence electrons. The average Bonchev–Trinajstić information content (AvgIpc) is 4.17. The minimum absolute atomic E-state index is 0.0402. The van der Waals surface area contributed by atoms with Crippen molar-refractivity contribution in [3.05, 3.63) is 142 Å². The van der Waals surface area contributed by atoms with Crippen LogP contribution in [0.25, 0.3) is 16.8 Å². The van der Waals surface area contributed by atoms with Crippen LogP contribution in [-0.2, 0) is 20.9 Å². The van der Waals surface area contributed by atoms with Gasteiger partial charge in [-0.3, -0.25) is 19.8 Å². The molecule has 13 heteroatoms. The molecule has 0 unspecified atom stereocenters. The second-order valence-corrected chi connectivity index (χ2v) is 17.7. The van der Waals surface area contributed by atoms with E-state index in [1.807, 2.05) is 48.2 Å². The Labute approximate surface area is 387 Å². The van der Waals surface area contributed by atoms with E-state index in [2.05, 4.69) is 41.8 Å². The number of ether oxygens (including phenoxy) is 3. The maximum absolute atomic E-state index is 15.3. The van der Waals surface area contributed by atoms with E-state index < -0.39 is 22.7 Å². The molecule has 1 saturated carbocycles. The number of hydrogen-bond acceptors (Lipinski definition) is 11. The summed E-state index contributed by atoms with van der Waals surface area (Å²) in [6.07, 6.45) is 12.1. The zero-order valence-corrected chi connectivity index (χ0v) is 37.8. The van der Waals surface area contributed by atoms with Gasteiger partial charge in [0.25, 0.3) is 5.69 Å².